The first-order valence-electron chi connectivity index (χ1n) is 16.9. The normalized spacial score (nSPS) is 12.4. The number of pyridine rings is 2. The molecule has 0 fully saturated rings. The third kappa shape index (κ3) is 11.6. The molecule has 0 spiro atoms. The number of hydrogen-bond donors (Lipinski definition) is 0. The molecule has 0 saturated carbocycles. The van der Waals surface area contributed by atoms with Crippen LogP contribution in [0, 0.1) is 16.2 Å². The Kier molecular flexibility index (Phi) is 13.6. The zero-order chi connectivity index (χ0) is 32.9. The number of rotatable bonds is 19. The van der Waals surface area contributed by atoms with Crippen molar-refractivity contribution in [3.05, 3.63) is 53.3 Å². The zero-order valence-electron chi connectivity index (χ0n) is 28.9. The Morgan fingerprint density at radius 3 is 1.98 bits per heavy atom. The van der Waals surface area contributed by atoms with Crippen LogP contribution >= 0.6 is 0 Å². The summed E-state index contributed by atoms with van der Waals surface area (Å²) in [6.07, 6.45) is 18.8. The standard InChI is InChI=1S/C38H56N2O5/c1-36(2,3)28-37(4,5)38(6,7)35(42)44-23-18-16-14-12-10-8-9-11-13-15-17-22-43-33-25-32-30(27-40-33)24-31(34(41)45-32)29-20-19-21-39-26-29/h19-21,24-27H,8-18,22-23,28H2,1-7H3. The zero-order valence-corrected chi connectivity index (χ0v) is 28.9. The van der Waals surface area contributed by atoms with Gasteiger partial charge in [0.2, 0.25) is 5.88 Å². The lowest BCUT2D eigenvalue weighted by molar-refractivity contribution is -0.162. The minimum atomic E-state index is -0.505. The van der Waals surface area contributed by atoms with Crippen molar-refractivity contribution in [1.29, 1.82) is 0 Å². The molecule has 0 aliphatic rings. The largest absolute Gasteiger partial charge is 0.478 e. The van der Waals surface area contributed by atoms with Crippen LogP contribution in [0.2, 0.25) is 0 Å². The predicted molar refractivity (Wildman–Crippen MR) is 182 cm³/mol. The molecule has 0 radical (unpaired) electrons. The van der Waals surface area contributed by atoms with Gasteiger partial charge in [0.05, 0.1) is 24.2 Å². The highest BCUT2D eigenvalue weighted by Gasteiger charge is 2.46. The summed E-state index contributed by atoms with van der Waals surface area (Å²) in [5, 5.41) is 0.747. The molecular formula is C38H56N2O5. The van der Waals surface area contributed by atoms with E-state index >= 15 is 0 Å². The number of nitrogens with zero attached hydrogens (tertiary/aromatic N) is 2. The molecular weight excluding hydrogens is 564 g/mol. The van der Waals surface area contributed by atoms with Crippen LogP contribution in [-0.2, 0) is 9.53 Å². The molecule has 0 aliphatic carbocycles. The summed E-state index contributed by atoms with van der Waals surface area (Å²) < 4.78 is 17.1. The fraction of sp³-hybridized carbons (Fsp3) is 0.632. The van der Waals surface area contributed by atoms with Crippen LogP contribution in [0.4, 0.5) is 0 Å². The highest BCUT2D eigenvalue weighted by molar-refractivity contribution is 5.81. The summed E-state index contributed by atoms with van der Waals surface area (Å²) in [6.45, 7) is 16.2. The van der Waals surface area contributed by atoms with E-state index in [0.29, 0.717) is 30.2 Å². The summed E-state index contributed by atoms with van der Waals surface area (Å²) in [6, 6.07) is 7.09. The van der Waals surface area contributed by atoms with E-state index in [1.807, 2.05) is 19.9 Å². The van der Waals surface area contributed by atoms with E-state index in [-0.39, 0.29) is 16.8 Å². The van der Waals surface area contributed by atoms with Crippen molar-refractivity contribution < 1.29 is 18.7 Å². The maximum absolute atomic E-state index is 12.8. The maximum Gasteiger partial charge on any atom is 0.344 e. The first-order valence-corrected chi connectivity index (χ1v) is 16.9. The second-order valence-electron chi connectivity index (χ2n) is 14.9. The average molecular weight is 621 g/mol. The molecule has 45 heavy (non-hydrogen) atoms. The van der Waals surface area contributed by atoms with Crippen molar-refractivity contribution in [2.24, 2.45) is 16.2 Å². The van der Waals surface area contributed by atoms with Gasteiger partial charge in [-0.2, -0.15) is 0 Å². The molecule has 7 nitrogen and oxygen atoms in total. The number of hydrogen-bond acceptors (Lipinski definition) is 7. The first-order chi connectivity index (χ1) is 21.3. The van der Waals surface area contributed by atoms with Gasteiger partial charge in [-0.1, -0.05) is 98.5 Å². The molecule has 3 aromatic rings. The molecule has 248 valence electrons. The molecule has 3 heterocycles. The van der Waals surface area contributed by atoms with Crippen LogP contribution in [0.15, 0.2) is 52.1 Å². The Morgan fingerprint density at radius 1 is 0.800 bits per heavy atom. The Bertz CT molecular complexity index is 1390. The molecule has 3 rings (SSSR count). The van der Waals surface area contributed by atoms with Crippen LogP contribution in [0.3, 0.4) is 0 Å². The summed E-state index contributed by atoms with van der Waals surface area (Å²) in [7, 11) is 0. The first kappa shape index (κ1) is 36.3. The van der Waals surface area contributed by atoms with Crippen LogP contribution in [0.5, 0.6) is 5.88 Å². The van der Waals surface area contributed by atoms with Gasteiger partial charge in [-0.25, -0.2) is 9.78 Å². The molecule has 0 aliphatic heterocycles. The van der Waals surface area contributed by atoms with Crippen molar-refractivity contribution in [1.82, 2.24) is 9.97 Å². The summed E-state index contributed by atoms with van der Waals surface area (Å²) in [5.74, 6) is 0.404. The maximum atomic E-state index is 12.8. The summed E-state index contributed by atoms with van der Waals surface area (Å²) in [5.41, 5.74) is 0.796. The van der Waals surface area contributed by atoms with Gasteiger partial charge in [0.1, 0.15) is 5.58 Å². The van der Waals surface area contributed by atoms with E-state index in [1.54, 1.807) is 36.8 Å². The van der Waals surface area contributed by atoms with Gasteiger partial charge in [0.25, 0.3) is 0 Å². The van der Waals surface area contributed by atoms with Crippen LogP contribution in [0.25, 0.3) is 22.1 Å². The second-order valence-corrected chi connectivity index (χ2v) is 14.9. The highest BCUT2D eigenvalue weighted by Crippen LogP contribution is 2.47. The van der Waals surface area contributed by atoms with Crippen LogP contribution in [-0.4, -0.2) is 29.2 Å². The third-order valence-electron chi connectivity index (χ3n) is 9.01. The number of unbranched alkanes of at least 4 members (excludes halogenated alkanes) is 10. The highest BCUT2D eigenvalue weighted by atomic mass is 16.5. The monoisotopic (exact) mass is 620 g/mol. The molecule has 0 atom stereocenters. The number of aromatic nitrogens is 2. The molecule has 7 heteroatoms. The Balaban J connectivity index is 1.19. The average Bonchev–Trinajstić information content (AvgIpc) is 2.97. The van der Waals surface area contributed by atoms with Crippen molar-refractivity contribution >= 4 is 16.9 Å². The van der Waals surface area contributed by atoms with Gasteiger partial charge in [-0.05, 0) is 56.1 Å². The molecule has 0 bridgehead atoms. The van der Waals surface area contributed by atoms with Gasteiger partial charge in [0, 0.05) is 35.6 Å². The number of carbonyl (C=O) groups excluding carboxylic acids is 1. The van der Waals surface area contributed by atoms with Crippen LogP contribution in [0.1, 0.15) is 126 Å². The molecule has 0 N–H and O–H groups in total. The topological polar surface area (TPSA) is 91.5 Å². The van der Waals surface area contributed by atoms with Crippen molar-refractivity contribution in [3.63, 3.8) is 0 Å². The number of carbonyl (C=O) groups is 1. The van der Waals surface area contributed by atoms with Crippen LogP contribution < -0.4 is 10.4 Å². The van der Waals surface area contributed by atoms with Gasteiger partial charge in [-0.15, -0.1) is 0 Å². The Labute approximate surface area is 270 Å². The number of fused-ring (bicyclic) bond motifs is 1. The summed E-state index contributed by atoms with van der Waals surface area (Å²) in [4.78, 5) is 33.8. The molecule has 0 saturated heterocycles. The van der Waals surface area contributed by atoms with E-state index in [9.17, 15) is 9.59 Å². The van der Waals surface area contributed by atoms with E-state index in [0.717, 1.165) is 43.1 Å². The Morgan fingerprint density at radius 2 is 1.40 bits per heavy atom. The fourth-order valence-electron chi connectivity index (χ4n) is 5.94. The van der Waals surface area contributed by atoms with Gasteiger partial charge in [0.15, 0.2) is 0 Å². The quantitative estimate of drug-likeness (QED) is 0.0972. The van der Waals surface area contributed by atoms with Crippen molar-refractivity contribution in [2.45, 2.75) is 126 Å². The van der Waals surface area contributed by atoms with Gasteiger partial charge >= 0.3 is 11.6 Å². The molecule has 3 aromatic heterocycles. The van der Waals surface area contributed by atoms with Gasteiger partial charge < -0.3 is 13.9 Å². The lowest BCUT2D eigenvalue weighted by Crippen LogP contribution is -2.43. The fourth-order valence-corrected chi connectivity index (χ4v) is 5.94. The minimum Gasteiger partial charge on any atom is -0.478 e. The Hall–Kier alpha value is -3.22. The van der Waals surface area contributed by atoms with Crippen molar-refractivity contribution in [3.8, 4) is 17.0 Å². The summed E-state index contributed by atoms with van der Waals surface area (Å²) >= 11 is 0. The minimum absolute atomic E-state index is 0.0698. The third-order valence-corrected chi connectivity index (χ3v) is 9.01. The molecule has 0 aromatic carbocycles. The van der Waals surface area contributed by atoms with Crippen molar-refractivity contribution in [2.75, 3.05) is 13.2 Å². The number of esters is 1. The van der Waals surface area contributed by atoms with E-state index in [2.05, 4.69) is 44.6 Å². The van der Waals surface area contributed by atoms with E-state index in [4.69, 9.17) is 13.9 Å². The van der Waals surface area contributed by atoms with Gasteiger partial charge in [-0.3, -0.25) is 9.78 Å². The predicted octanol–water partition coefficient (Wildman–Crippen LogP) is 9.95. The molecule has 0 unspecified atom stereocenters. The molecule has 0 amide bonds. The lowest BCUT2D eigenvalue weighted by Gasteiger charge is -2.43. The smallest absolute Gasteiger partial charge is 0.344 e. The SMILES string of the molecule is CC(C)(C)CC(C)(C)C(C)(C)C(=O)OCCCCCCCCCCCCCOc1cc2oc(=O)c(-c3cccnc3)cc2cn1. The second kappa shape index (κ2) is 16.9. The number of ether oxygens (including phenoxy) is 2. The van der Waals surface area contributed by atoms with E-state index < -0.39 is 11.0 Å². The lowest BCUT2D eigenvalue weighted by atomic mass is 9.61. The van der Waals surface area contributed by atoms with E-state index in [1.165, 1.54) is 44.9 Å².